The van der Waals surface area contributed by atoms with Crippen LogP contribution in [-0.2, 0) is 9.53 Å². The Kier molecular flexibility index (Phi) is 2.49. The summed E-state index contributed by atoms with van der Waals surface area (Å²) in [5.74, 6) is -0.484. The molecular formula is C8H7NO3. The third kappa shape index (κ3) is 1.86. The fraction of sp³-hybridized carbons (Fsp3) is 0.250. The zero-order valence-corrected chi connectivity index (χ0v) is 6.48. The second-order valence-corrected chi connectivity index (χ2v) is 2.18. The predicted molar refractivity (Wildman–Crippen MR) is 38.8 cm³/mol. The van der Waals surface area contributed by atoms with Crippen molar-refractivity contribution in [2.45, 2.75) is 13.0 Å². The Labute approximate surface area is 69.4 Å². The lowest BCUT2D eigenvalue weighted by molar-refractivity contribution is -0.144. The van der Waals surface area contributed by atoms with Crippen LogP contribution in [0.1, 0.15) is 18.6 Å². The van der Waals surface area contributed by atoms with Gasteiger partial charge in [0.1, 0.15) is 6.07 Å². The van der Waals surface area contributed by atoms with Crippen molar-refractivity contribution < 1.29 is 13.9 Å². The summed E-state index contributed by atoms with van der Waals surface area (Å²) >= 11 is 0. The Morgan fingerprint density at radius 3 is 3.00 bits per heavy atom. The lowest BCUT2D eigenvalue weighted by Crippen LogP contribution is -2.05. The third-order valence-electron chi connectivity index (χ3n) is 1.25. The molecule has 0 aromatic carbocycles. The maximum absolute atomic E-state index is 10.5. The van der Waals surface area contributed by atoms with Gasteiger partial charge in [0.05, 0.1) is 12.5 Å². The summed E-state index contributed by atoms with van der Waals surface area (Å²) in [5, 5.41) is 8.58. The number of nitrogens with zero attached hydrogens (tertiary/aromatic N) is 1. The van der Waals surface area contributed by atoms with Gasteiger partial charge in [0.15, 0.2) is 0 Å². The van der Waals surface area contributed by atoms with Crippen LogP contribution in [0.3, 0.4) is 0 Å². The maximum atomic E-state index is 10.5. The molecule has 1 heterocycles. The zero-order valence-electron chi connectivity index (χ0n) is 6.48. The van der Waals surface area contributed by atoms with E-state index in [2.05, 4.69) is 4.74 Å². The first kappa shape index (κ1) is 8.34. The van der Waals surface area contributed by atoms with Crippen molar-refractivity contribution in [1.29, 1.82) is 5.26 Å². The highest BCUT2D eigenvalue weighted by molar-refractivity contribution is 5.66. The minimum Gasteiger partial charge on any atom is -0.472 e. The molecule has 12 heavy (non-hydrogen) atoms. The van der Waals surface area contributed by atoms with Gasteiger partial charge in [0.25, 0.3) is 0 Å². The van der Waals surface area contributed by atoms with E-state index >= 15 is 0 Å². The van der Waals surface area contributed by atoms with Gasteiger partial charge >= 0.3 is 5.97 Å². The van der Waals surface area contributed by atoms with E-state index in [1.54, 1.807) is 6.07 Å². The van der Waals surface area contributed by atoms with Crippen molar-refractivity contribution in [2.24, 2.45) is 0 Å². The molecular weight excluding hydrogens is 158 g/mol. The van der Waals surface area contributed by atoms with E-state index in [1.165, 1.54) is 19.5 Å². The number of rotatable bonds is 2. The van der Waals surface area contributed by atoms with Crippen molar-refractivity contribution >= 4 is 5.97 Å². The van der Waals surface area contributed by atoms with Gasteiger partial charge in [-0.1, -0.05) is 0 Å². The van der Waals surface area contributed by atoms with Gasteiger partial charge in [0, 0.05) is 12.5 Å². The van der Waals surface area contributed by atoms with Crippen molar-refractivity contribution in [3.63, 3.8) is 0 Å². The number of furan rings is 1. The van der Waals surface area contributed by atoms with E-state index in [9.17, 15) is 4.79 Å². The summed E-state index contributed by atoms with van der Waals surface area (Å²) in [6.07, 6.45) is 1.93. The summed E-state index contributed by atoms with van der Waals surface area (Å²) in [4.78, 5) is 10.5. The van der Waals surface area contributed by atoms with Gasteiger partial charge in [-0.25, -0.2) is 0 Å². The van der Waals surface area contributed by atoms with Crippen LogP contribution in [-0.4, -0.2) is 5.97 Å². The highest BCUT2D eigenvalue weighted by Gasteiger charge is 2.13. The van der Waals surface area contributed by atoms with E-state index in [4.69, 9.17) is 9.68 Å². The van der Waals surface area contributed by atoms with Gasteiger partial charge in [0.2, 0.25) is 6.10 Å². The van der Waals surface area contributed by atoms with Gasteiger partial charge in [-0.2, -0.15) is 5.26 Å². The van der Waals surface area contributed by atoms with Gasteiger partial charge < -0.3 is 9.15 Å². The maximum Gasteiger partial charge on any atom is 0.304 e. The van der Waals surface area contributed by atoms with E-state index in [0.29, 0.717) is 5.56 Å². The fourth-order valence-electron chi connectivity index (χ4n) is 0.759. The Morgan fingerprint density at radius 2 is 2.58 bits per heavy atom. The molecule has 0 amide bonds. The Morgan fingerprint density at radius 1 is 1.83 bits per heavy atom. The fourth-order valence-corrected chi connectivity index (χ4v) is 0.759. The minimum atomic E-state index is -0.860. The molecule has 0 aliphatic carbocycles. The molecule has 0 radical (unpaired) electrons. The molecule has 1 aromatic rings. The third-order valence-corrected chi connectivity index (χ3v) is 1.25. The molecule has 0 aliphatic heterocycles. The Bertz CT molecular complexity index is 297. The molecule has 0 aliphatic rings. The first-order valence-corrected chi connectivity index (χ1v) is 3.33. The molecule has 4 heteroatoms. The number of hydrogen-bond donors (Lipinski definition) is 0. The number of nitriles is 1. The van der Waals surface area contributed by atoms with E-state index in [1.807, 2.05) is 6.07 Å². The summed E-state index contributed by atoms with van der Waals surface area (Å²) in [6.45, 7) is 1.25. The summed E-state index contributed by atoms with van der Waals surface area (Å²) in [5.41, 5.74) is 0.549. The summed E-state index contributed by atoms with van der Waals surface area (Å²) in [6, 6.07) is 3.41. The molecule has 0 bridgehead atoms. The van der Waals surface area contributed by atoms with Crippen LogP contribution in [0, 0.1) is 11.3 Å². The Hall–Kier alpha value is -1.76. The normalized spacial score (nSPS) is 11.7. The average Bonchev–Trinajstić information content (AvgIpc) is 2.51. The minimum absolute atomic E-state index is 0.484. The highest BCUT2D eigenvalue weighted by Crippen LogP contribution is 2.16. The number of carbonyl (C=O) groups excluding carboxylic acids is 1. The molecule has 0 saturated heterocycles. The molecule has 62 valence electrons. The van der Waals surface area contributed by atoms with Gasteiger partial charge in [-0.05, 0) is 6.07 Å². The van der Waals surface area contributed by atoms with E-state index in [-0.39, 0.29) is 0 Å². The van der Waals surface area contributed by atoms with Gasteiger partial charge in [-0.15, -0.1) is 0 Å². The molecule has 1 unspecified atom stereocenters. The molecule has 0 spiro atoms. The number of hydrogen-bond acceptors (Lipinski definition) is 4. The lowest BCUT2D eigenvalue weighted by atomic mass is 10.2. The lowest BCUT2D eigenvalue weighted by Gasteiger charge is -2.05. The summed E-state index contributed by atoms with van der Waals surface area (Å²) in [7, 11) is 0. The van der Waals surface area contributed by atoms with Crippen LogP contribution in [0.4, 0.5) is 0 Å². The molecule has 0 saturated carbocycles. The zero-order chi connectivity index (χ0) is 8.97. The second-order valence-electron chi connectivity index (χ2n) is 2.18. The van der Waals surface area contributed by atoms with Crippen molar-refractivity contribution in [2.75, 3.05) is 0 Å². The highest BCUT2D eigenvalue weighted by atomic mass is 16.5. The molecule has 4 nitrogen and oxygen atoms in total. The topological polar surface area (TPSA) is 63.2 Å². The molecule has 1 rings (SSSR count). The smallest absolute Gasteiger partial charge is 0.304 e. The monoisotopic (exact) mass is 165 g/mol. The van der Waals surface area contributed by atoms with Crippen molar-refractivity contribution in [3.05, 3.63) is 24.2 Å². The largest absolute Gasteiger partial charge is 0.472 e. The first-order valence-electron chi connectivity index (χ1n) is 3.33. The van der Waals surface area contributed by atoms with Crippen LogP contribution in [0.15, 0.2) is 23.0 Å². The molecule has 1 aromatic heterocycles. The van der Waals surface area contributed by atoms with Crippen molar-refractivity contribution in [3.8, 4) is 6.07 Å². The van der Waals surface area contributed by atoms with Gasteiger partial charge in [-0.3, -0.25) is 4.79 Å². The average molecular weight is 165 g/mol. The summed E-state index contributed by atoms with van der Waals surface area (Å²) < 4.78 is 9.42. The quantitative estimate of drug-likeness (QED) is 0.621. The Balaban J connectivity index is 2.72. The first-order chi connectivity index (χ1) is 5.74. The van der Waals surface area contributed by atoms with E-state index in [0.717, 1.165) is 0 Å². The number of esters is 1. The van der Waals surface area contributed by atoms with Crippen molar-refractivity contribution in [1.82, 2.24) is 0 Å². The van der Waals surface area contributed by atoms with Crippen LogP contribution < -0.4 is 0 Å². The second kappa shape index (κ2) is 3.58. The van der Waals surface area contributed by atoms with E-state index < -0.39 is 12.1 Å². The number of carbonyl (C=O) groups is 1. The van der Waals surface area contributed by atoms with Crippen LogP contribution >= 0.6 is 0 Å². The number of ether oxygens (including phenoxy) is 1. The predicted octanol–water partition coefficient (Wildman–Crippen LogP) is 1.41. The van der Waals surface area contributed by atoms with Crippen LogP contribution in [0.25, 0.3) is 0 Å². The standard InChI is InChI=1S/C8H7NO3/c1-6(10)12-8(4-9)7-2-3-11-5-7/h2-3,5,8H,1H3. The SMILES string of the molecule is CC(=O)OC(C#N)c1ccoc1. The molecule has 0 fully saturated rings. The van der Waals surface area contributed by atoms with Crippen LogP contribution in [0.2, 0.25) is 0 Å². The molecule has 1 atom stereocenters. The molecule has 0 N–H and O–H groups in total. The van der Waals surface area contributed by atoms with Crippen LogP contribution in [0.5, 0.6) is 0 Å².